The van der Waals surface area contributed by atoms with Gasteiger partial charge in [-0.1, -0.05) is 25.4 Å². The molecule has 1 aromatic rings. The highest BCUT2D eigenvalue weighted by Crippen LogP contribution is 2.33. The fraction of sp³-hybridized carbons (Fsp3) is 0.667. The molecule has 1 aromatic heterocycles. The van der Waals surface area contributed by atoms with Gasteiger partial charge in [0.15, 0.2) is 6.29 Å². The highest BCUT2D eigenvalue weighted by atomic mass is 35.5. The van der Waals surface area contributed by atoms with Crippen LogP contribution in [0.2, 0.25) is 5.15 Å². The third-order valence-corrected chi connectivity index (χ3v) is 4.54. The van der Waals surface area contributed by atoms with Crippen molar-refractivity contribution in [1.82, 2.24) is 9.97 Å². The Bertz CT molecular complexity index is 518. The van der Waals surface area contributed by atoms with Crippen LogP contribution in [-0.2, 0) is 4.74 Å². The van der Waals surface area contributed by atoms with Crippen LogP contribution in [0.1, 0.15) is 55.7 Å². The fourth-order valence-corrected chi connectivity index (χ4v) is 3.10. The number of carbonyl (C=O) groups excluding carboxylic acids is 1. The van der Waals surface area contributed by atoms with E-state index in [0.717, 1.165) is 25.7 Å². The fourth-order valence-electron chi connectivity index (χ4n) is 2.85. The van der Waals surface area contributed by atoms with E-state index in [9.17, 15) is 4.79 Å². The Labute approximate surface area is 130 Å². The van der Waals surface area contributed by atoms with Gasteiger partial charge in [0.05, 0.1) is 11.2 Å². The lowest BCUT2D eigenvalue weighted by Crippen LogP contribution is -2.43. The summed E-state index contributed by atoms with van der Waals surface area (Å²) in [6, 6.07) is 0.225. The van der Waals surface area contributed by atoms with Crippen LogP contribution in [0, 0.1) is 6.92 Å². The number of aromatic nitrogens is 2. The number of aldehydes is 1. The van der Waals surface area contributed by atoms with Crippen LogP contribution in [0.25, 0.3) is 0 Å². The van der Waals surface area contributed by atoms with Crippen molar-refractivity contribution in [2.24, 2.45) is 0 Å². The standard InChI is InChI=1S/C15H22ClN3O2/c1-4-15(5-2)8-11(6-7-21-15)19-14-12(9-20)13(16)17-10(3)18-14/h9,11H,4-8H2,1-3H3,(H,17,18,19). The molecule has 0 amide bonds. The highest BCUT2D eigenvalue weighted by molar-refractivity contribution is 6.32. The zero-order valence-electron chi connectivity index (χ0n) is 12.8. The number of nitrogens with one attached hydrogen (secondary N) is 1. The molecule has 1 N–H and O–H groups in total. The lowest BCUT2D eigenvalue weighted by Gasteiger charge is -2.40. The molecule has 2 rings (SSSR count). The summed E-state index contributed by atoms with van der Waals surface area (Å²) in [4.78, 5) is 19.5. The largest absolute Gasteiger partial charge is 0.375 e. The molecule has 1 saturated heterocycles. The minimum absolute atomic E-state index is 0.0802. The first-order chi connectivity index (χ1) is 10.0. The summed E-state index contributed by atoms with van der Waals surface area (Å²) in [5.41, 5.74) is 0.246. The van der Waals surface area contributed by atoms with E-state index in [0.29, 0.717) is 30.1 Å². The number of anilines is 1. The summed E-state index contributed by atoms with van der Waals surface area (Å²) >= 11 is 6.02. The smallest absolute Gasteiger partial charge is 0.156 e. The Hall–Kier alpha value is -1.20. The van der Waals surface area contributed by atoms with Crippen LogP contribution < -0.4 is 5.32 Å². The first-order valence-corrected chi connectivity index (χ1v) is 7.81. The van der Waals surface area contributed by atoms with E-state index in [1.807, 2.05) is 0 Å². The third-order valence-electron chi connectivity index (χ3n) is 4.25. The molecule has 5 nitrogen and oxygen atoms in total. The lowest BCUT2D eigenvalue weighted by molar-refractivity contribution is -0.0864. The van der Waals surface area contributed by atoms with E-state index in [2.05, 4.69) is 29.1 Å². The van der Waals surface area contributed by atoms with Crippen LogP contribution in [0.15, 0.2) is 0 Å². The molecule has 0 spiro atoms. The topological polar surface area (TPSA) is 64.1 Å². The van der Waals surface area contributed by atoms with Gasteiger partial charge < -0.3 is 10.1 Å². The Morgan fingerprint density at radius 2 is 2.14 bits per heavy atom. The molecule has 0 radical (unpaired) electrons. The number of ether oxygens (including phenoxy) is 1. The van der Waals surface area contributed by atoms with Gasteiger partial charge in [-0.05, 0) is 32.6 Å². The number of halogens is 1. The van der Waals surface area contributed by atoms with Crippen molar-refractivity contribution < 1.29 is 9.53 Å². The van der Waals surface area contributed by atoms with E-state index in [4.69, 9.17) is 16.3 Å². The van der Waals surface area contributed by atoms with Crippen LogP contribution >= 0.6 is 11.6 Å². The molecule has 1 aliphatic rings. The second-order valence-corrected chi connectivity index (χ2v) is 5.87. The van der Waals surface area contributed by atoms with Gasteiger partial charge in [0.1, 0.15) is 16.8 Å². The maximum Gasteiger partial charge on any atom is 0.156 e. The summed E-state index contributed by atoms with van der Waals surface area (Å²) in [6.45, 7) is 6.77. The number of rotatable bonds is 5. The Morgan fingerprint density at radius 3 is 2.76 bits per heavy atom. The van der Waals surface area contributed by atoms with Crippen molar-refractivity contribution in [2.45, 2.75) is 58.1 Å². The van der Waals surface area contributed by atoms with E-state index in [1.54, 1.807) is 6.92 Å². The van der Waals surface area contributed by atoms with Gasteiger partial charge in [-0.2, -0.15) is 0 Å². The van der Waals surface area contributed by atoms with Crippen molar-refractivity contribution in [3.63, 3.8) is 0 Å². The molecule has 1 fully saturated rings. The number of hydrogen-bond acceptors (Lipinski definition) is 5. The first kappa shape index (κ1) is 16.2. The van der Waals surface area contributed by atoms with Crippen LogP contribution in [0.5, 0.6) is 0 Å². The van der Waals surface area contributed by atoms with Gasteiger partial charge >= 0.3 is 0 Å². The third kappa shape index (κ3) is 3.52. The Kier molecular flexibility index (Phi) is 5.17. The molecule has 1 aliphatic heterocycles. The summed E-state index contributed by atoms with van der Waals surface area (Å²) < 4.78 is 5.97. The molecular weight excluding hydrogens is 290 g/mol. The van der Waals surface area contributed by atoms with Gasteiger partial charge in [-0.15, -0.1) is 0 Å². The zero-order valence-corrected chi connectivity index (χ0v) is 13.5. The van der Waals surface area contributed by atoms with E-state index in [-0.39, 0.29) is 16.8 Å². The molecule has 116 valence electrons. The molecule has 1 atom stereocenters. The Balaban J connectivity index is 2.20. The summed E-state index contributed by atoms with van der Waals surface area (Å²) in [5, 5.41) is 3.56. The molecule has 2 heterocycles. The van der Waals surface area contributed by atoms with E-state index in [1.165, 1.54) is 0 Å². The minimum atomic E-state index is -0.0802. The van der Waals surface area contributed by atoms with E-state index >= 15 is 0 Å². The number of carbonyl (C=O) groups is 1. The summed E-state index contributed by atoms with van der Waals surface area (Å²) in [5.74, 6) is 1.08. The Morgan fingerprint density at radius 1 is 1.43 bits per heavy atom. The van der Waals surface area contributed by atoms with Gasteiger partial charge in [0, 0.05) is 12.6 Å². The maximum absolute atomic E-state index is 11.2. The molecule has 1 unspecified atom stereocenters. The normalized spacial score (nSPS) is 21.0. The predicted octanol–water partition coefficient (Wildman–Crippen LogP) is 3.40. The average Bonchev–Trinajstić information content (AvgIpc) is 2.47. The number of nitrogens with zero attached hydrogens (tertiary/aromatic N) is 2. The molecule has 0 bridgehead atoms. The van der Waals surface area contributed by atoms with Crippen LogP contribution in [-0.4, -0.2) is 34.5 Å². The van der Waals surface area contributed by atoms with Crippen molar-refractivity contribution in [2.75, 3.05) is 11.9 Å². The first-order valence-electron chi connectivity index (χ1n) is 7.43. The SMILES string of the molecule is CCC1(CC)CC(Nc2nc(C)nc(Cl)c2C=O)CCO1. The van der Waals surface area contributed by atoms with Gasteiger partial charge in [0.2, 0.25) is 0 Å². The van der Waals surface area contributed by atoms with Crippen LogP contribution in [0.3, 0.4) is 0 Å². The summed E-state index contributed by atoms with van der Waals surface area (Å²) in [6.07, 6.45) is 4.45. The van der Waals surface area contributed by atoms with Crippen molar-refractivity contribution in [3.05, 3.63) is 16.5 Å². The summed E-state index contributed by atoms with van der Waals surface area (Å²) in [7, 11) is 0. The number of aryl methyl sites for hydroxylation is 1. The van der Waals surface area contributed by atoms with E-state index < -0.39 is 0 Å². The zero-order chi connectivity index (χ0) is 15.5. The molecule has 0 aliphatic carbocycles. The molecule has 6 heteroatoms. The minimum Gasteiger partial charge on any atom is -0.375 e. The van der Waals surface area contributed by atoms with Gasteiger partial charge in [-0.3, -0.25) is 4.79 Å². The highest BCUT2D eigenvalue weighted by Gasteiger charge is 2.34. The predicted molar refractivity (Wildman–Crippen MR) is 83.1 cm³/mol. The van der Waals surface area contributed by atoms with Crippen molar-refractivity contribution >= 4 is 23.7 Å². The second-order valence-electron chi connectivity index (χ2n) is 5.51. The lowest BCUT2D eigenvalue weighted by atomic mass is 9.86. The van der Waals surface area contributed by atoms with Gasteiger partial charge in [-0.25, -0.2) is 9.97 Å². The quantitative estimate of drug-likeness (QED) is 0.667. The van der Waals surface area contributed by atoms with Crippen molar-refractivity contribution in [3.8, 4) is 0 Å². The van der Waals surface area contributed by atoms with Crippen LogP contribution in [0.4, 0.5) is 5.82 Å². The monoisotopic (exact) mass is 311 g/mol. The maximum atomic E-state index is 11.2. The second kappa shape index (κ2) is 6.71. The van der Waals surface area contributed by atoms with Crippen molar-refractivity contribution in [1.29, 1.82) is 0 Å². The molecule has 0 saturated carbocycles. The molecule has 21 heavy (non-hydrogen) atoms. The van der Waals surface area contributed by atoms with Gasteiger partial charge in [0.25, 0.3) is 0 Å². The molecule has 0 aromatic carbocycles. The molecular formula is C15H22ClN3O2. The number of hydrogen-bond donors (Lipinski definition) is 1. The average molecular weight is 312 g/mol.